The molecule has 6 nitrogen and oxygen atoms in total. The maximum absolute atomic E-state index is 12.2. The zero-order chi connectivity index (χ0) is 15.4. The summed E-state index contributed by atoms with van der Waals surface area (Å²) < 4.78 is 0. The van der Waals surface area contributed by atoms with Gasteiger partial charge in [0.1, 0.15) is 0 Å². The Morgan fingerprint density at radius 1 is 1.14 bits per heavy atom. The van der Waals surface area contributed by atoms with E-state index >= 15 is 0 Å². The highest BCUT2D eigenvalue weighted by Crippen LogP contribution is 2.20. The zero-order valence-corrected chi connectivity index (χ0v) is 11.7. The van der Waals surface area contributed by atoms with E-state index in [0.717, 1.165) is 11.3 Å². The summed E-state index contributed by atoms with van der Waals surface area (Å²) >= 11 is 0. The Labute approximate surface area is 121 Å². The molecule has 2 aromatic carbocycles. The minimum atomic E-state index is -0.497. The van der Waals surface area contributed by atoms with Gasteiger partial charge in [-0.15, -0.1) is 0 Å². The smallest absolute Gasteiger partial charge is 0.271 e. The summed E-state index contributed by atoms with van der Waals surface area (Å²) in [6.45, 7) is 1.84. The molecule has 0 atom stereocenters. The van der Waals surface area contributed by atoms with Crippen molar-refractivity contribution < 1.29 is 9.72 Å². The molecule has 2 aromatic rings. The summed E-state index contributed by atoms with van der Waals surface area (Å²) in [7, 11) is 1.80. The highest BCUT2D eigenvalue weighted by molar-refractivity contribution is 6.05. The third-order valence-corrected chi connectivity index (χ3v) is 3.07. The molecule has 0 aliphatic heterocycles. The van der Waals surface area contributed by atoms with Crippen LogP contribution in [0.2, 0.25) is 0 Å². The van der Waals surface area contributed by atoms with Gasteiger partial charge < -0.3 is 10.6 Å². The van der Waals surface area contributed by atoms with Crippen molar-refractivity contribution in [2.45, 2.75) is 6.92 Å². The van der Waals surface area contributed by atoms with Gasteiger partial charge in [-0.1, -0.05) is 6.07 Å². The summed E-state index contributed by atoms with van der Waals surface area (Å²) in [5, 5.41) is 16.4. The number of carbonyl (C=O) groups is 1. The Kier molecular flexibility index (Phi) is 4.18. The van der Waals surface area contributed by atoms with E-state index in [1.165, 1.54) is 18.2 Å². The standard InChI is InChI=1S/C15H15N3O3/c1-10-8-11(16-2)6-7-14(10)15(19)17-12-4-3-5-13(9-12)18(20)21/h3-9,16H,1-2H3,(H,17,19). The lowest BCUT2D eigenvalue weighted by Gasteiger charge is -2.09. The van der Waals surface area contributed by atoms with Gasteiger partial charge in [0.2, 0.25) is 0 Å². The second-order valence-electron chi connectivity index (χ2n) is 4.54. The number of nitro groups is 1. The van der Waals surface area contributed by atoms with E-state index in [4.69, 9.17) is 0 Å². The number of non-ortho nitro benzene ring substituents is 1. The fourth-order valence-electron chi connectivity index (χ4n) is 1.97. The van der Waals surface area contributed by atoms with E-state index in [9.17, 15) is 14.9 Å². The van der Waals surface area contributed by atoms with Crippen LogP contribution in [0.1, 0.15) is 15.9 Å². The van der Waals surface area contributed by atoms with Crippen LogP contribution in [0.25, 0.3) is 0 Å². The molecule has 21 heavy (non-hydrogen) atoms. The highest BCUT2D eigenvalue weighted by Gasteiger charge is 2.12. The number of nitrogens with one attached hydrogen (secondary N) is 2. The number of nitrogens with zero attached hydrogens (tertiary/aromatic N) is 1. The maximum atomic E-state index is 12.2. The van der Waals surface area contributed by atoms with Crippen molar-refractivity contribution in [2.24, 2.45) is 0 Å². The van der Waals surface area contributed by atoms with E-state index in [1.54, 1.807) is 25.2 Å². The second kappa shape index (κ2) is 6.04. The molecule has 0 bridgehead atoms. The van der Waals surface area contributed by atoms with E-state index in [2.05, 4.69) is 10.6 Å². The Hall–Kier alpha value is -2.89. The number of nitro benzene ring substituents is 1. The molecule has 0 saturated carbocycles. The average Bonchev–Trinajstić information content (AvgIpc) is 2.47. The van der Waals surface area contributed by atoms with Gasteiger partial charge in [-0.3, -0.25) is 14.9 Å². The van der Waals surface area contributed by atoms with Crippen LogP contribution in [0.3, 0.4) is 0 Å². The molecule has 0 unspecified atom stereocenters. The van der Waals surface area contributed by atoms with Gasteiger partial charge in [-0.2, -0.15) is 0 Å². The number of benzene rings is 2. The van der Waals surface area contributed by atoms with Gasteiger partial charge in [0.15, 0.2) is 0 Å². The summed E-state index contributed by atoms with van der Waals surface area (Å²) in [4.78, 5) is 22.4. The van der Waals surface area contributed by atoms with Crippen molar-refractivity contribution in [2.75, 3.05) is 17.7 Å². The van der Waals surface area contributed by atoms with Gasteiger partial charge in [-0.25, -0.2) is 0 Å². The van der Waals surface area contributed by atoms with Gasteiger partial charge >= 0.3 is 0 Å². The number of aryl methyl sites for hydroxylation is 1. The maximum Gasteiger partial charge on any atom is 0.271 e. The summed E-state index contributed by atoms with van der Waals surface area (Å²) in [6.07, 6.45) is 0. The van der Waals surface area contributed by atoms with Crippen molar-refractivity contribution >= 4 is 23.0 Å². The van der Waals surface area contributed by atoms with Crippen LogP contribution in [-0.2, 0) is 0 Å². The molecule has 0 saturated heterocycles. The number of hydrogen-bond acceptors (Lipinski definition) is 4. The van der Waals surface area contributed by atoms with Gasteiger partial charge in [0.05, 0.1) is 4.92 Å². The minimum absolute atomic E-state index is 0.0601. The molecular weight excluding hydrogens is 270 g/mol. The topological polar surface area (TPSA) is 84.3 Å². The molecule has 6 heteroatoms. The minimum Gasteiger partial charge on any atom is -0.388 e. The third-order valence-electron chi connectivity index (χ3n) is 3.07. The highest BCUT2D eigenvalue weighted by atomic mass is 16.6. The largest absolute Gasteiger partial charge is 0.388 e. The van der Waals surface area contributed by atoms with Crippen LogP contribution in [0, 0.1) is 17.0 Å². The molecule has 1 amide bonds. The molecule has 0 heterocycles. The zero-order valence-electron chi connectivity index (χ0n) is 11.7. The molecular formula is C15H15N3O3. The lowest BCUT2D eigenvalue weighted by Crippen LogP contribution is -2.13. The lowest BCUT2D eigenvalue weighted by atomic mass is 10.1. The first kappa shape index (κ1) is 14.5. The quantitative estimate of drug-likeness (QED) is 0.667. The van der Waals surface area contributed by atoms with Crippen molar-refractivity contribution in [1.82, 2.24) is 0 Å². The van der Waals surface area contributed by atoms with E-state index in [-0.39, 0.29) is 11.6 Å². The van der Waals surface area contributed by atoms with Crippen LogP contribution in [-0.4, -0.2) is 17.9 Å². The molecule has 2 rings (SSSR count). The van der Waals surface area contributed by atoms with E-state index < -0.39 is 4.92 Å². The fourth-order valence-corrected chi connectivity index (χ4v) is 1.97. The predicted octanol–water partition coefficient (Wildman–Crippen LogP) is 3.20. The molecule has 2 N–H and O–H groups in total. The Balaban J connectivity index is 2.22. The molecule has 108 valence electrons. The lowest BCUT2D eigenvalue weighted by molar-refractivity contribution is -0.384. The third kappa shape index (κ3) is 3.36. The van der Waals surface area contributed by atoms with Crippen molar-refractivity contribution in [3.05, 3.63) is 63.7 Å². The normalized spacial score (nSPS) is 10.0. The van der Waals surface area contributed by atoms with E-state index in [1.807, 2.05) is 13.0 Å². The van der Waals surface area contributed by atoms with E-state index in [0.29, 0.717) is 11.3 Å². The van der Waals surface area contributed by atoms with Gasteiger partial charge in [0.25, 0.3) is 11.6 Å². The number of hydrogen-bond donors (Lipinski definition) is 2. The number of rotatable bonds is 4. The molecule has 0 spiro atoms. The van der Waals surface area contributed by atoms with Crippen molar-refractivity contribution in [1.29, 1.82) is 0 Å². The Bertz CT molecular complexity index is 698. The van der Waals surface area contributed by atoms with Gasteiger partial charge in [0, 0.05) is 36.1 Å². The first-order valence-corrected chi connectivity index (χ1v) is 6.35. The Morgan fingerprint density at radius 3 is 2.52 bits per heavy atom. The number of amides is 1. The van der Waals surface area contributed by atoms with Crippen molar-refractivity contribution in [3.8, 4) is 0 Å². The second-order valence-corrected chi connectivity index (χ2v) is 4.54. The molecule has 0 aliphatic carbocycles. The number of carbonyl (C=O) groups excluding carboxylic acids is 1. The van der Waals surface area contributed by atoms with Crippen LogP contribution in [0.15, 0.2) is 42.5 Å². The first-order valence-electron chi connectivity index (χ1n) is 6.35. The molecule has 0 fully saturated rings. The van der Waals surface area contributed by atoms with Crippen LogP contribution < -0.4 is 10.6 Å². The first-order chi connectivity index (χ1) is 10.0. The van der Waals surface area contributed by atoms with Crippen LogP contribution >= 0.6 is 0 Å². The van der Waals surface area contributed by atoms with Crippen LogP contribution in [0.4, 0.5) is 17.1 Å². The molecule has 0 radical (unpaired) electrons. The summed E-state index contributed by atoms with van der Waals surface area (Å²) in [5.74, 6) is -0.296. The fraction of sp³-hybridized carbons (Fsp3) is 0.133. The summed E-state index contributed by atoms with van der Waals surface area (Å²) in [6, 6.07) is 11.2. The van der Waals surface area contributed by atoms with Gasteiger partial charge in [-0.05, 0) is 36.8 Å². The SMILES string of the molecule is CNc1ccc(C(=O)Nc2cccc([N+](=O)[O-])c2)c(C)c1. The Morgan fingerprint density at radius 2 is 1.90 bits per heavy atom. The molecule has 0 aliphatic rings. The van der Waals surface area contributed by atoms with Crippen LogP contribution in [0.5, 0.6) is 0 Å². The number of anilines is 2. The van der Waals surface area contributed by atoms with Crippen molar-refractivity contribution in [3.63, 3.8) is 0 Å². The monoisotopic (exact) mass is 285 g/mol. The predicted molar refractivity (Wildman–Crippen MR) is 81.8 cm³/mol. The average molecular weight is 285 g/mol. The molecule has 0 aromatic heterocycles. The summed E-state index contributed by atoms with van der Waals surface area (Å²) in [5.41, 5.74) is 2.60.